The van der Waals surface area contributed by atoms with Crippen LogP contribution in [0.3, 0.4) is 0 Å². The van der Waals surface area contributed by atoms with Gasteiger partial charge in [0.1, 0.15) is 26.9 Å². The lowest BCUT2D eigenvalue weighted by atomic mass is 10.1. The Morgan fingerprint density at radius 2 is 1.04 bits per heavy atom. The summed E-state index contributed by atoms with van der Waals surface area (Å²) in [6, 6.07) is 9.27. The Morgan fingerprint density at radius 1 is 0.536 bits per heavy atom. The van der Waals surface area contributed by atoms with Crippen LogP contribution in [0.4, 0.5) is 28.4 Å². The number of phenolic OH excluding ortho intramolecular Hbond substituents is 1. The van der Waals surface area contributed by atoms with Gasteiger partial charge in [-0.25, -0.2) is 25.2 Å². The van der Waals surface area contributed by atoms with Crippen molar-refractivity contribution >= 4 is 99.9 Å². The molecule has 30 heteroatoms. The van der Waals surface area contributed by atoms with E-state index in [0.29, 0.717) is 6.07 Å². The molecule has 0 radical (unpaired) electrons. The molecule has 0 unspecified atom stereocenters. The van der Waals surface area contributed by atoms with Crippen molar-refractivity contribution in [2.45, 2.75) is 19.6 Å². The molecule has 24 nitrogen and oxygen atoms in total. The Balaban J connectivity index is 1.75. The molecule has 0 heterocycles. The van der Waals surface area contributed by atoms with Crippen LogP contribution in [-0.4, -0.2) is 98.5 Å². The number of benzene rings is 4. The van der Waals surface area contributed by atoms with E-state index in [2.05, 4.69) is 28.8 Å². The van der Waals surface area contributed by atoms with Gasteiger partial charge in [-0.2, -0.15) is 38.8 Å². The molecule has 0 saturated heterocycles. The Morgan fingerprint density at radius 3 is 1.55 bits per heavy atom. The first kappa shape index (κ1) is 44.1. The molecule has 0 aliphatic rings. The summed E-state index contributed by atoms with van der Waals surface area (Å²) < 4.78 is 187. The topological polar surface area (TPSA) is 400 Å². The Labute approximate surface area is 317 Å². The number of nitrogens with zero attached hydrogens (tertiary/aromatic N) is 4. The highest BCUT2D eigenvalue weighted by Gasteiger charge is 2.26. The summed E-state index contributed by atoms with van der Waals surface area (Å²) in [5.41, 5.74) is 3.62. The molecule has 0 amide bonds. The van der Waals surface area contributed by atoms with Crippen LogP contribution in [0.25, 0.3) is 10.8 Å². The first-order chi connectivity index (χ1) is 25.6. The van der Waals surface area contributed by atoms with E-state index < -0.39 is 123 Å². The Bertz CT molecular complexity index is 2950. The lowest BCUT2D eigenvalue weighted by molar-refractivity contribution is 0.282. The molecule has 0 aromatic heterocycles. The van der Waals surface area contributed by atoms with Crippen LogP contribution in [0.15, 0.2) is 101 Å². The van der Waals surface area contributed by atoms with Crippen molar-refractivity contribution < 1.29 is 82.2 Å². The normalized spacial score (nSPS) is 13.6. The third kappa shape index (κ3) is 11.3. The molecule has 0 bridgehead atoms. The molecule has 0 aliphatic heterocycles. The van der Waals surface area contributed by atoms with Gasteiger partial charge in [-0.15, -0.1) is 15.3 Å². The third-order valence-electron chi connectivity index (χ3n) is 6.97. The average molecular weight is 904 g/mol. The highest BCUT2D eigenvalue weighted by Crippen LogP contribution is 2.46. The molecule has 7 N–H and O–H groups in total. The average Bonchev–Trinajstić information content (AvgIpc) is 3.05. The molecule has 4 rings (SSSR count). The maximum absolute atomic E-state index is 12.6. The summed E-state index contributed by atoms with van der Waals surface area (Å²) in [6.45, 7) is -1.96. The van der Waals surface area contributed by atoms with Gasteiger partial charge in [-0.05, 0) is 60.7 Å². The van der Waals surface area contributed by atoms with E-state index >= 15 is 0 Å². The van der Waals surface area contributed by atoms with E-state index in [0.717, 1.165) is 54.6 Å². The van der Waals surface area contributed by atoms with E-state index in [1.807, 2.05) is 0 Å². The van der Waals surface area contributed by atoms with Gasteiger partial charge in [-0.1, -0.05) is 0 Å². The Hall–Kier alpha value is -4.60. The molecule has 4 aromatic carbocycles. The first-order valence-electron chi connectivity index (χ1n) is 14.4. The molecule has 0 fully saturated rings. The minimum atomic E-state index is -5.26. The zero-order valence-electron chi connectivity index (χ0n) is 27.4. The van der Waals surface area contributed by atoms with Crippen molar-refractivity contribution in [3.8, 4) is 5.75 Å². The summed E-state index contributed by atoms with van der Waals surface area (Å²) in [6.07, 6.45) is 0. The predicted octanol–water partition coefficient (Wildman–Crippen LogP) is 2.64. The number of aromatic hydroxyl groups is 1. The van der Waals surface area contributed by atoms with Crippen LogP contribution in [-0.2, 0) is 69.1 Å². The fourth-order valence-electron chi connectivity index (χ4n) is 4.47. The largest absolute Gasteiger partial charge is 0.505 e. The van der Waals surface area contributed by atoms with Crippen LogP contribution < -0.4 is 5.73 Å². The second kappa shape index (κ2) is 16.1. The van der Waals surface area contributed by atoms with Gasteiger partial charge < -0.3 is 10.8 Å². The van der Waals surface area contributed by atoms with Crippen LogP contribution in [0.5, 0.6) is 5.75 Å². The molecule has 0 saturated carbocycles. The van der Waals surface area contributed by atoms with Crippen molar-refractivity contribution in [3.63, 3.8) is 0 Å². The highest BCUT2D eigenvalue weighted by molar-refractivity contribution is 7.92. The van der Waals surface area contributed by atoms with E-state index in [1.54, 1.807) is 0 Å². The van der Waals surface area contributed by atoms with Crippen LogP contribution >= 0.6 is 0 Å². The molecular formula is C26H25N5O19S6. The summed E-state index contributed by atoms with van der Waals surface area (Å²) in [5.74, 6) is -2.84. The fraction of sp³-hybridized carbons (Fsp3) is 0.154. The molecule has 304 valence electrons. The van der Waals surface area contributed by atoms with E-state index in [9.17, 15) is 64.7 Å². The predicted molar refractivity (Wildman–Crippen MR) is 190 cm³/mol. The number of nitrogens with two attached hydrogens (primary N) is 1. The number of hydrogen-bond acceptors (Lipinski definition) is 20. The monoisotopic (exact) mass is 903 g/mol. The van der Waals surface area contributed by atoms with Crippen molar-refractivity contribution in [1.29, 1.82) is 0 Å². The minimum absolute atomic E-state index is 0.120. The number of anilines is 1. The minimum Gasteiger partial charge on any atom is -0.505 e. The van der Waals surface area contributed by atoms with E-state index in [-0.39, 0.29) is 27.0 Å². The van der Waals surface area contributed by atoms with Crippen molar-refractivity contribution in [2.24, 2.45) is 20.5 Å². The van der Waals surface area contributed by atoms with Gasteiger partial charge in [0, 0.05) is 10.8 Å². The van der Waals surface area contributed by atoms with Gasteiger partial charge in [0.2, 0.25) is 0 Å². The molecule has 0 spiro atoms. The summed E-state index contributed by atoms with van der Waals surface area (Å²) in [5, 5.41) is 25.5. The zero-order valence-corrected chi connectivity index (χ0v) is 32.3. The molecular weight excluding hydrogens is 879 g/mol. The lowest BCUT2D eigenvalue weighted by Crippen LogP contribution is -2.16. The quantitative estimate of drug-likeness (QED) is 0.0534. The van der Waals surface area contributed by atoms with Gasteiger partial charge in [0.05, 0.1) is 45.9 Å². The standard InChI is InChI=1S/C26H25N5O19S6/c27-20-7-6-18-19(24(20)30-29-21-8-5-17(13-22(21)53(37,38)39)52(35,36)12-10-50-56(46,47)48)14-23(54(40,41)42)25(26(18)32)31-28-15-1-3-16(4-2-15)51(33,34)11-9-49-55(43,44)45/h1-8,13-14,32H,9-12,27H2,(H,37,38,39)(H,40,41,42)(H,43,44,45)(H,46,47,48)/b30-29+,31-28+. The number of phenols is 1. The summed E-state index contributed by atoms with van der Waals surface area (Å²) in [4.78, 5) is -3.30. The third-order valence-corrected chi connectivity index (χ3v) is 13.0. The Kier molecular flexibility index (Phi) is 12.7. The summed E-state index contributed by atoms with van der Waals surface area (Å²) in [7, 11) is -29.0. The maximum atomic E-state index is 12.6. The highest BCUT2D eigenvalue weighted by atomic mass is 32.3. The van der Waals surface area contributed by atoms with Crippen LogP contribution in [0, 0.1) is 0 Å². The number of azo groups is 2. The lowest BCUT2D eigenvalue weighted by Gasteiger charge is -2.12. The van der Waals surface area contributed by atoms with E-state index in [1.165, 1.54) is 0 Å². The molecule has 56 heavy (non-hydrogen) atoms. The number of rotatable bonds is 16. The second-order valence-electron chi connectivity index (χ2n) is 10.8. The van der Waals surface area contributed by atoms with Crippen LogP contribution in [0.2, 0.25) is 0 Å². The molecule has 0 atom stereocenters. The number of fused-ring (bicyclic) bond motifs is 1. The van der Waals surface area contributed by atoms with Gasteiger partial charge in [-0.3, -0.25) is 18.2 Å². The first-order valence-corrected chi connectivity index (χ1v) is 23.3. The molecule has 4 aromatic rings. The van der Waals surface area contributed by atoms with Crippen LogP contribution in [0.1, 0.15) is 0 Å². The number of hydrogen-bond donors (Lipinski definition) is 6. The molecule has 0 aliphatic carbocycles. The zero-order chi connectivity index (χ0) is 42.1. The van der Waals surface area contributed by atoms with Gasteiger partial charge >= 0.3 is 20.8 Å². The smallest absolute Gasteiger partial charge is 0.397 e. The SMILES string of the molecule is Nc1ccc2c(O)c(/N=N/c3ccc(S(=O)(=O)CCOS(=O)(=O)O)cc3)c(S(=O)(=O)O)cc2c1/N=N/c1ccc(S(=O)(=O)CCOS(=O)(=O)O)cc1S(=O)(=O)O. The summed E-state index contributed by atoms with van der Waals surface area (Å²) >= 11 is 0. The fourth-order valence-corrected chi connectivity index (χ4v) is 8.84. The maximum Gasteiger partial charge on any atom is 0.397 e. The van der Waals surface area contributed by atoms with Crippen molar-refractivity contribution in [2.75, 3.05) is 30.5 Å². The van der Waals surface area contributed by atoms with Crippen molar-refractivity contribution in [1.82, 2.24) is 0 Å². The van der Waals surface area contributed by atoms with Gasteiger partial charge in [0.15, 0.2) is 25.4 Å². The van der Waals surface area contributed by atoms with Gasteiger partial charge in [0.25, 0.3) is 20.2 Å². The van der Waals surface area contributed by atoms with E-state index in [4.69, 9.17) is 14.8 Å². The number of nitrogen functional groups attached to an aromatic ring is 1. The van der Waals surface area contributed by atoms with Crippen molar-refractivity contribution in [3.05, 3.63) is 60.7 Å². The second-order valence-corrected chi connectivity index (χ2v) is 20.0. The number of sulfone groups is 2.